The van der Waals surface area contributed by atoms with E-state index in [0.29, 0.717) is 16.8 Å². The molecule has 33 heavy (non-hydrogen) atoms. The fraction of sp³-hybridized carbons (Fsp3) is 0.333. The van der Waals surface area contributed by atoms with E-state index in [1.807, 2.05) is 13.8 Å². The zero-order chi connectivity index (χ0) is 24.3. The van der Waals surface area contributed by atoms with Gasteiger partial charge in [0.15, 0.2) is 0 Å². The molecule has 7 nitrogen and oxygen atoms in total. The number of nitrogens with zero attached hydrogens (tertiary/aromatic N) is 1. The summed E-state index contributed by atoms with van der Waals surface area (Å²) in [6.45, 7) is 3.15. The molecule has 1 unspecified atom stereocenters. The van der Waals surface area contributed by atoms with Gasteiger partial charge >= 0.3 is 5.97 Å². The first-order chi connectivity index (χ1) is 15.7. The van der Waals surface area contributed by atoms with Gasteiger partial charge in [-0.25, -0.2) is 9.18 Å². The number of ether oxygens (including phenoxy) is 1. The predicted octanol–water partition coefficient (Wildman–Crippen LogP) is 3.64. The minimum atomic E-state index is -1.39. The van der Waals surface area contributed by atoms with Crippen molar-refractivity contribution in [1.29, 1.82) is 0 Å². The normalized spacial score (nSPS) is 12.3. The van der Waals surface area contributed by atoms with Crippen molar-refractivity contribution in [3.8, 4) is 5.75 Å². The van der Waals surface area contributed by atoms with E-state index in [1.54, 1.807) is 22.8 Å². The average molecular weight is 478 g/mol. The molecule has 0 fully saturated rings. The van der Waals surface area contributed by atoms with E-state index in [2.05, 4.69) is 0 Å². The standard InChI is InChI=1S/C24H25ClFNO6/c1-13(2)20(12-29)27-11-17(24(31)32)23(30)16-9-15(21(10-19(16)27)33-7-6-28)8-14-4-3-5-18(25)22(14)26/h3-5,9-11,13,20,28-29H,6-8,12H2,1-2H3,(H,31,32). The van der Waals surface area contributed by atoms with Crippen molar-refractivity contribution < 1.29 is 29.2 Å². The Bertz CT molecular complexity index is 1240. The van der Waals surface area contributed by atoms with Crippen molar-refractivity contribution in [3.05, 3.63) is 74.3 Å². The first kappa shape index (κ1) is 24.7. The molecule has 1 aromatic heterocycles. The molecule has 0 aliphatic heterocycles. The summed E-state index contributed by atoms with van der Waals surface area (Å²) in [5, 5.41) is 28.8. The molecular weight excluding hydrogens is 453 g/mol. The maximum Gasteiger partial charge on any atom is 0.341 e. The third kappa shape index (κ3) is 5.03. The number of fused-ring (bicyclic) bond motifs is 1. The molecule has 9 heteroatoms. The number of benzene rings is 2. The van der Waals surface area contributed by atoms with E-state index >= 15 is 0 Å². The highest BCUT2D eigenvalue weighted by Crippen LogP contribution is 2.31. The second-order valence-electron chi connectivity index (χ2n) is 8.02. The van der Waals surface area contributed by atoms with Crippen LogP contribution in [0.5, 0.6) is 5.75 Å². The summed E-state index contributed by atoms with van der Waals surface area (Å²) in [6, 6.07) is 7.09. The van der Waals surface area contributed by atoms with Crippen molar-refractivity contribution in [1.82, 2.24) is 4.57 Å². The molecule has 0 spiro atoms. The second-order valence-corrected chi connectivity index (χ2v) is 8.42. The number of aromatic nitrogens is 1. The lowest BCUT2D eigenvalue weighted by atomic mass is 9.98. The summed E-state index contributed by atoms with van der Waals surface area (Å²) in [5.74, 6) is -1.78. The molecule has 0 amide bonds. The Labute approximate surface area is 194 Å². The number of pyridine rings is 1. The zero-order valence-corrected chi connectivity index (χ0v) is 19.0. The summed E-state index contributed by atoms with van der Waals surface area (Å²) >= 11 is 5.90. The number of hydrogen-bond acceptors (Lipinski definition) is 5. The van der Waals surface area contributed by atoms with Crippen LogP contribution in [0.15, 0.2) is 41.3 Å². The number of halogens is 2. The molecule has 0 bridgehead atoms. The van der Waals surface area contributed by atoms with E-state index < -0.39 is 28.8 Å². The molecule has 0 saturated heterocycles. The van der Waals surface area contributed by atoms with Crippen LogP contribution in [0, 0.1) is 11.7 Å². The minimum Gasteiger partial charge on any atom is -0.491 e. The topological polar surface area (TPSA) is 109 Å². The Kier molecular flexibility index (Phi) is 7.73. The fourth-order valence-corrected chi connectivity index (χ4v) is 3.98. The molecule has 2 aromatic carbocycles. The number of aliphatic hydroxyl groups excluding tert-OH is 2. The van der Waals surface area contributed by atoms with Gasteiger partial charge in [0, 0.05) is 24.1 Å². The van der Waals surface area contributed by atoms with Gasteiger partial charge in [0.05, 0.1) is 29.8 Å². The van der Waals surface area contributed by atoms with Crippen LogP contribution in [0.3, 0.4) is 0 Å². The van der Waals surface area contributed by atoms with E-state index in [-0.39, 0.29) is 48.1 Å². The van der Waals surface area contributed by atoms with Gasteiger partial charge < -0.3 is 24.6 Å². The van der Waals surface area contributed by atoms with Gasteiger partial charge in [0.25, 0.3) is 0 Å². The Morgan fingerprint density at radius 1 is 1.21 bits per heavy atom. The molecule has 0 radical (unpaired) electrons. The highest BCUT2D eigenvalue weighted by Gasteiger charge is 2.23. The molecule has 3 N–H and O–H groups in total. The molecule has 0 aliphatic carbocycles. The van der Waals surface area contributed by atoms with Crippen molar-refractivity contribution in [2.45, 2.75) is 26.3 Å². The molecule has 0 aliphatic rings. The molecule has 3 rings (SSSR count). The SMILES string of the molecule is CC(C)C(CO)n1cc(C(=O)O)c(=O)c2cc(Cc3cccc(Cl)c3F)c(OCCO)cc21. The van der Waals surface area contributed by atoms with Gasteiger partial charge in [-0.15, -0.1) is 0 Å². The number of carboxylic acid groups (broad SMARTS) is 1. The Morgan fingerprint density at radius 2 is 1.94 bits per heavy atom. The van der Waals surface area contributed by atoms with Crippen LogP contribution in [0.4, 0.5) is 4.39 Å². The highest BCUT2D eigenvalue weighted by molar-refractivity contribution is 6.30. The first-order valence-electron chi connectivity index (χ1n) is 10.4. The Hall–Kier alpha value is -2.94. The number of aliphatic hydroxyl groups is 2. The van der Waals surface area contributed by atoms with Gasteiger partial charge in [0.1, 0.15) is 23.7 Å². The summed E-state index contributed by atoms with van der Waals surface area (Å²) < 4.78 is 21.8. The third-order valence-corrected chi connectivity index (χ3v) is 5.81. The van der Waals surface area contributed by atoms with Crippen LogP contribution in [0.1, 0.15) is 41.4 Å². The number of carbonyl (C=O) groups is 1. The molecule has 0 saturated carbocycles. The van der Waals surface area contributed by atoms with Crippen LogP contribution in [0.2, 0.25) is 5.02 Å². The smallest absolute Gasteiger partial charge is 0.341 e. The first-order valence-corrected chi connectivity index (χ1v) is 10.8. The molecule has 176 valence electrons. The van der Waals surface area contributed by atoms with E-state index in [1.165, 1.54) is 18.3 Å². The Morgan fingerprint density at radius 3 is 2.55 bits per heavy atom. The van der Waals surface area contributed by atoms with Gasteiger partial charge in [-0.2, -0.15) is 0 Å². The van der Waals surface area contributed by atoms with E-state index in [0.717, 1.165) is 0 Å². The molecule has 1 atom stereocenters. The monoisotopic (exact) mass is 477 g/mol. The molecule has 1 heterocycles. The van der Waals surface area contributed by atoms with Crippen LogP contribution in [0.25, 0.3) is 10.9 Å². The fourth-order valence-electron chi connectivity index (χ4n) is 3.79. The maximum absolute atomic E-state index is 14.6. The lowest BCUT2D eigenvalue weighted by Crippen LogP contribution is -2.25. The van der Waals surface area contributed by atoms with Crippen LogP contribution < -0.4 is 10.2 Å². The maximum atomic E-state index is 14.6. The molecule has 3 aromatic rings. The number of carboxylic acids is 1. The van der Waals surface area contributed by atoms with Gasteiger partial charge in [-0.3, -0.25) is 4.79 Å². The van der Waals surface area contributed by atoms with Crippen LogP contribution >= 0.6 is 11.6 Å². The quantitative estimate of drug-likeness (QED) is 0.434. The summed E-state index contributed by atoms with van der Waals surface area (Å²) in [7, 11) is 0. The average Bonchev–Trinajstić information content (AvgIpc) is 2.77. The number of rotatable bonds is 9. The Balaban J connectivity index is 2.33. The van der Waals surface area contributed by atoms with Crippen molar-refractivity contribution in [3.63, 3.8) is 0 Å². The van der Waals surface area contributed by atoms with Gasteiger partial charge in [-0.05, 0) is 29.2 Å². The number of aromatic carboxylic acids is 1. The summed E-state index contributed by atoms with van der Waals surface area (Å²) in [6.07, 6.45) is 1.24. The summed E-state index contributed by atoms with van der Waals surface area (Å²) in [4.78, 5) is 24.8. The van der Waals surface area contributed by atoms with E-state index in [4.69, 9.17) is 16.3 Å². The lowest BCUT2D eigenvalue weighted by Gasteiger charge is -2.25. The van der Waals surface area contributed by atoms with Crippen molar-refractivity contribution >= 4 is 28.5 Å². The van der Waals surface area contributed by atoms with Gasteiger partial charge in [-0.1, -0.05) is 37.6 Å². The second kappa shape index (κ2) is 10.3. The largest absolute Gasteiger partial charge is 0.491 e. The van der Waals surface area contributed by atoms with Crippen LogP contribution in [-0.2, 0) is 6.42 Å². The van der Waals surface area contributed by atoms with Gasteiger partial charge in [0.2, 0.25) is 5.43 Å². The molecular formula is C24H25ClFNO6. The van der Waals surface area contributed by atoms with Crippen molar-refractivity contribution in [2.24, 2.45) is 5.92 Å². The zero-order valence-electron chi connectivity index (χ0n) is 18.2. The third-order valence-electron chi connectivity index (χ3n) is 5.52. The summed E-state index contributed by atoms with van der Waals surface area (Å²) in [5.41, 5.74) is -0.0866. The highest BCUT2D eigenvalue weighted by atomic mass is 35.5. The van der Waals surface area contributed by atoms with E-state index in [9.17, 15) is 29.3 Å². The predicted molar refractivity (Wildman–Crippen MR) is 123 cm³/mol. The minimum absolute atomic E-state index is 0.0213. The van der Waals surface area contributed by atoms with Crippen LogP contribution in [-0.4, -0.2) is 45.7 Å². The van der Waals surface area contributed by atoms with Crippen molar-refractivity contribution in [2.75, 3.05) is 19.8 Å². The lowest BCUT2D eigenvalue weighted by molar-refractivity contribution is 0.0694. The number of hydrogen-bond donors (Lipinski definition) is 3.